The van der Waals surface area contributed by atoms with Crippen molar-refractivity contribution in [2.45, 2.75) is 6.92 Å². The summed E-state index contributed by atoms with van der Waals surface area (Å²) < 4.78 is 0. The summed E-state index contributed by atoms with van der Waals surface area (Å²) >= 11 is 0. The second-order valence-electron chi connectivity index (χ2n) is 4.35. The number of nitrogens with zero attached hydrogens (tertiary/aromatic N) is 1. The van der Waals surface area contributed by atoms with Crippen LogP contribution in [0, 0.1) is 0 Å². The van der Waals surface area contributed by atoms with Gasteiger partial charge in [-0.2, -0.15) is 0 Å². The monoisotopic (exact) mass is 251 g/mol. The van der Waals surface area contributed by atoms with Crippen molar-refractivity contribution in [3.63, 3.8) is 0 Å². The lowest BCUT2D eigenvalue weighted by molar-refractivity contribution is 0.475. The molecule has 2 rings (SSSR count). The van der Waals surface area contributed by atoms with Crippen LogP contribution in [0.4, 0.5) is 0 Å². The summed E-state index contributed by atoms with van der Waals surface area (Å²) in [6.07, 6.45) is 2.06. The predicted molar refractivity (Wildman–Crippen MR) is 80.7 cm³/mol. The number of phenolic OH excluding ortho intramolecular Hbond substituents is 1. The molecule has 0 amide bonds. The summed E-state index contributed by atoms with van der Waals surface area (Å²) in [5.74, 6) is 0.267. The second-order valence-corrected chi connectivity index (χ2v) is 4.35. The lowest BCUT2D eigenvalue weighted by Crippen LogP contribution is -1.97. The van der Waals surface area contributed by atoms with E-state index in [2.05, 4.69) is 30.1 Å². The van der Waals surface area contributed by atoms with Crippen LogP contribution in [0.25, 0.3) is 5.57 Å². The van der Waals surface area contributed by atoms with Crippen LogP contribution in [-0.4, -0.2) is 17.9 Å². The van der Waals surface area contributed by atoms with Gasteiger partial charge in [0, 0.05) is 7.05 Å². The number of allylic oxidation sites excluding steroid dienone is 2. The smallest absolute Gasteiger partial charge is 0.115 e. The normalized spacial score (nSPS) is 12.5. The molecule has 0 saturated heterocycles. The highest BCUT2D eigenvalue weighted by Crippen LogP contribution is 2.16. The molecule has 2 aromatic carbocycles. The first kappa shape index (κ1) is 13.1. The van der Waals surface area contributed by atoms with Crippen molar-refractivity contribution in [1.29, 1.82) is 0 Å². The summed E-state index contributed by atoms with van der Waals surface area (Å²) in [5.41, 5.74) is 4.24. The Morgan fingerprint density at radius 2 is 1.58 bits per heavy atom. The molecule has 19 heavy (non-hydrogen) atoms. The number of hydrogen-bond donors (Lipinski definition) is 1. The molecule has 0 radical (unpaired) electrons. The number of rotatable bonds is 3. The Balaban J connectivity index is 2.32. The third-order valence-electron chi connectivity index (χ3n) is 2.99. The van der Waals surface area contributed by atoms with Crippen molar-refractivity contribution in [3.05, 3.63) is 71.8 Å². The van der Waals surface area contributed by atoms with Gasteiger partial charge in [-0.25, -0.2) is 0 Å². The van der Waals surface area contributed by atoms with Gasteiger partial charge in [0.1, 0.15) is 5.75 Å². The molecule has 0 bridgehead atoms. The maximum atomic E-state index is 9.32. The van der Waals surface area contributed by atoms with Crippen LogP contribution in [0.1, 0.15) is 18.1 Å². The number of aliphatic imine (C=N–C) groups is 1. The summed E-state index contributed by atoms with van der Waals surface area (Å²) in [4.78, 5) is 4.31. The third-order valence-corrected chi connectivity index (χ3v) is 2.99. The maximum Gasteiger partial charge on any atom is 0.115 e. The molecule has 2 aromatic rings. The van der Waals surface area contributed by atoms with Gasteiger partial charge in [0.25, 0.3) is 0 Å². The van der Waals surface area contributed by atoms with Crippen LogP contribution in [0.2, 0.25) is 0 Å². The molecule has 0 heterocycles. The van der Waals surface area contributed by atoms with Crippen LogP contribution < -0.4 is 0 Å². The minimum absolute atomic E-state index is 0.267. The van der Waals surface area contributed by atoms with Crippen molar-refractivity contribution in [2.75, 3.05) is 7.05 Å². The average Bonchev–Trinajstić information content (AvgIpc) is 2.46. The Morgan fingerprint density at radius 3 is 2.16 bits per heavy atom. The molecular weight excluding hydrogens is 234 g/mol. The van der Waals surface area contributed by atoms with Crippen LogP contribution in [0.15, 0.2) is 65.7 Å². The molecule has 2 heteroatoms. The van der Waals surface area contributed by atoms with Gasteiger partial charge in [0.2, 0.25) is 0 Å². The highest BCUT2D eigenvalue weighted by atomic mass is 16.3. The zero-order chi connectivity index (χ0) is 13.7. The van der Waals surface area contributed by atoms with Crippen molar-refractivity contribution >= 4 is 11.3 Å². The molecule has 0 saturated carbocycles. The fourth-order valence-corrected chi connectivity index (χ4v) is 1.90. The molecule has 2 nitrogen and oxygen atoms in total. The summed E-state index contributed by atoms with van der Waals surface area (Å²) in [6, 6.07) is 17.3. The van der Waals surface area contributed by atoms with Gasteiger partial charge in [-0.1, -0.05) is 30.3 Å². The van der Waals surface area contributed by atoms with Crippen LogP contribution in [-0.2, 0) is 0 Å². The summed E-state index contributed by atoms with van der Waals surface area (Å²) in [5, 5.41) is 9.32. The average molecular weight is 251 g/mol. The molecule has 0 unspecified atom stereocenters. The molecule has 0 aliphatic rings. The molecule has 0 aliphatic carbocycles. The Hall–Kier alpha value is -2.35. The van der Waals surface area contributed by atoms with E-state index in [1.807, 2.05) is 30.3 Å². The van der Waals surface area contributed by atoms with E-state index in [1.165, 1.54) is 5.56 Å². The fourth-order valence-electron chi connectivity index (χ4n) is 1.90. The van der Waals surface area contributed by atoms with Gasteiger partial charge < -0.3 is 5.11 Å². The van der Waals surface area contributed by atoms with E-state index in [9.17, 15) is 5.11 Å². The van der Waals surface area contributed by atoms with E-state index >= 15 is 0 Å². The molecule has 1 N–H and O–H groups in total. The van der Waals surface area contributed by atoms with Crippen molar-refractivity contribution in [1.82, 2.24) is 0 Å². The first-order valence-corrected chi connectivity index (χ1v) is 6.20. The molecule has 0 fully saturated rings. The standard InChI is InChI=1S/C17H17NO/c1-13(14-6-4-3-5-7-14)12-17(18-2)15-8-10-16(19)11-9-15/h3-12,19H,1-2H3/b13-12+,18-17?. The number of hydrogen-bond acceptors (Lipinski definition) is 2. The van der Waals surface area contributed by atoms with Crippen molar-refractivity contribution < 1.29 is 5.11 Å². The first-order valence-electron chi connectivity index (χ1n) is 6.20. The van der Waals surface area contributed by atoms with E-state index in [1.54, 1.807) is 19.2 Å². The third kappa shape index (κ3) is 3.32. The first-order chi connectivity index (χ1) is 9.20. The van der Waals surface area contributed by atoms with Crippen molar-refractivity contribution in [3.8, 4) is 5.75 Å². The Kier molecular flexibility index (Phi) is 4.14. The Labute approximate surface area is 113 Å². The molecule has 0 aliphatic heterocycles. The number of benzene rings is 2. The SMILES string of the molecule is CN=C(/C=C(\C)c1ccccc1)c1ccc(O)cc1. The molecule has 0 atom stereocenters. The van der Waals surface area contributed by atoms with Gasteiger partial charge in [-0.3, -0.25) is 4.99 Å². The quantitative estimate of drug-likeness (QED) is 0.824. The number of phenols is 1. The topological polar surface area (TPSA) is 32.6 Å². The van der Waals surface area contributed by atoms with Crippen molar-refractivity contribution in [2.24, 2.45) is 4.99 Å². The summed E-state index contributed by atoms with van der Waals surface area (Å²) in [6.45, 7) is 2.07. The van der Waals surface area contributed by atoms with Gasteiger partial charge in [-0.15, -0.1) is 0 Å². The molecule has 96 valence electrons. The van der Waals surface area contributed by atoms with E-state index in [0.717, 1.165) is 16.8 Å². The summed E-state index contributed by atoms with van der Waals surface area (Å²) in [7, 11) is 1.77. The molecular formula is C17H17NO. The van der Waals surface area contributed by atoms with E-state index in [-0.39, 0.29) is 5.75 Å². The highest BCUT2D eigenvalue weighted by Gasteiger charge is 2.02. The van der Waals surface area contributed by atoms with Crippen LogP contribution in [0.3, 0.4) is 0 Å². The van der Waals surface area contributed by atoms with Gasteiger partial charge in [0.15, 0.2) is 0 Å². The zero-order valence-corrected chi connectivity index (χ0v) is 11.2. The maximum absolute atomic E-state index is 9.32. The van der Waals surface area contributed by atoms with E-state index in [0.29, 0.717) is 0 Å². The van der Waals surface area contributed by atoms with Crippen LogP contribution in [0.5, 0.6) is 5.75 Å². The number of aromatic hydroxyl groups is 1. The van der Waals surface area contributed by atoms with E-state index < -0.39 is 0 Å². The van der Waals surface area contributed by atoms with Gasteiger partial charge in [-0.05, 0) is 54.0 Å². The fraction of sp³-hybridized carbons (Fsp3) is 0.118. The highest BCUT2D eigenvalue weighted by molar-refractivity contribution is 6.12. The Morgan fingerprint density at radius 1 is 0.947 bits per heavy atom. The van der Waals surface area contributed by atoms with E-state index in [4.69, 9.17) is 0 Å². The molecule has 0 spiro atoms. The van der Waals surface area contributed by atoms with Gasteiger partial charge in [0.05, 0.1) is 5.71 Å². The zero-order valence-electron chi connectivity index (χ0n) is 11.2. The lowest BCUT2D eigenvalue weighted by atomic mass is 10.0. The second kappa shape index (κ2) is 6.01. The predicted octanol–water partition coefficient (Wildman–Crippen LogP) is 3.91. The minimum Gasteiger partial charge on any atom is -0.508 e. The largest absolute Gasteiger partial charge is 0.508 e. The van der Waals surface area contributed by atoms with Crippen LogP contribution >= 0.6 is 0 Å². The molecule has 0 aromatic heterocycles. The Bertz CT molecular complexity index is 595. The lowest BCUT2D eigenvalue weighted by Gasteiger charge is -2.05. The van der Waals surface area contributed by atoms with Gasteiger partial charge >= 0.3 is 0 Å². The minimum atomic E-state index is 0.267.